The van der Waals surface area contributed by atoms with Gasteiger partial charge in [0.15, 0.2) is 5.58 Å². The molecule has 0 fully saturated rings. The third-order valence-corrected chi connectivity index (χ3v) is 6.51. The number of nitrogens with two attached hydrogens (primary N) is 1. The van der Waals surface area contributed by atoms with Crippen LogP contribution in [0.5, 0.6) is 0 Å². The van der Waals surface area contributed by atoms with Crippen LogP contribution >= 0.6 is 11.6 Å². The molecule has 9 nitrogen and oxygen atoms in total. The Morgan fingerprint density at radius 3 is 2.68 bits per heavy atom. The summed E-state index contributed by atoms with van der Waals surface area (Å²) in [5.74, 6) is -0.473. The van der Waals surface area contributed by atoms with Crippen molar-refractivity contribution in [2.45, 2.75) is 33.7 Å². The summed E-state index contributed by atoms with van der Waals surface area (Å²) < 4.78 is 19.2. The molecule has 5 N–H and O–H groups in total. The number of carbonyl (C=O) groups excluding carboxylic acids is 1. The number of aromatic nitrogens is 1. The number of hydrogen-bond donors (Lipinski definition) is 4. The minimum absolute atomic E-state index is 0.119. The number of amides is 1. The molecular weight excluding hydrogens is 509 g/mol. The molecule has 1 amide bonds. The number of aryl methyl sites for hydroxylation is 1. The molecule has 3 aromatic rings. The average molecular weight is 538 g/mol. The maximum atomic E-state index is 13.6. The summed E-state index contributed by atoms with van der Waals surface area (Å²) in [5.41, 5.74) is 11.4. The van der Waals surface area contributed by atoms with Crippen LogP contribution in [0.25, 0.3) is 11.1 Å². The van der Waals surface area contributed by atoms with Gasteiger partial charge in [0.1, 0.15) is 17.4 Å². The number of fused-ring (bicyclic) bond motifs is 1. The zero-order valence-electron chi connectivity index (χ0n) is 21.7. The molecule has 4 rings (SSSR count). The standard InChI is InChI=1S/C27H29ClFN7O2/c1-13-6-8-18(20(28)10-13)24-23(25(37)32-12-19(14(2)30)15(3)31-5)16(4)33-26(35-24)36-27-34-21-9-7-17(29)11-22(21)38-27/h6-11,24H,12,30H2,1-5H3,(H,32,37)(H2,33,34,35,36). The minimum Gasteiger partial charge on any atom is -0.423 e. The highest BCUT2D eigenvalue weighted by molar-refractivity contribution is 6.31. The van der Waals surface area contributed by atoms with E-state index in [0.717, 1.165) is 16.8 Å². The van der Waals surface area contributed by atoms with E-state index in [1.807, 2.05) is 32.0 Å². The molecular formula is C27H29ClFN7O2. The van der Waals surface area contributed by atoms with Gasteiger partial charge in [-0.05, 0) is 51.5 Å². The van der Waals surface area contributed by atoms with Crippen molar-refractivity contribution in [3.05, 3.63) is 80.9 Å². The minimum atomic E-state index is -0.735. The van der Waals surface area contributed by atoms with Gasteiger partial charge in [-0.15, -0.1) is 0 Å². The van der Waals surface area contributed by atoms with E-state index < -0.39 is 11.9 Å². The van der Waals surface area contributed by atoms with Crippen LogP contribution in [-0.4, -0.2) is 36.2 Å². The first-order valence-electron chi connectivity index (χ1n) is 11.9. The van der Waals surface area contributed by atoms with Crippen LogP contribution in [0.4, 0.5) is 10.4 Å². The second-order valence-electron chi connectivity index (χ2n) is 8.98. The highest BCUT2D eigenvalue weighted by atomic mass is 35.5. The quantitative estimate of drug-likeness (QED) is 0.336. The van der Waals surface area contributed by atoms with Crippen molar-refractivity contribution in [2.75, 3.05) is 18.9 Å². The van der Waals surface area contributed by atoms with Crippen molar-refractivity contribution in [2.24, 2.45) is 15.7 Å². The second-order valence-corrected chi connectivity index (χ2v) is 9.39. The third kappa shape index (κ3) is 5.70. The zero-order valence-corrected chi connectivity index (χ0v) is 22.5. The van der Waals surface area contributed by atoms with Gasteiger partial charge in [-0.25, -0.2) is 9.38 Å². The van der Waals surface area contributed by atoms with Gasteiger partial charge in [-0.3, -0.25) is 15.1 Å². The van der Waals surface area contributed by atoms with E-state index in [-0.39, 0.29) is 18.5 Å². The van der Waals surface area contributed by atoms with E-state index in [2.05, 4.69) is 25.9 Å². The van der Waals surface area contributed by atoms with Gasteiger partial charge in [0, 0.05) is 52.9 Å². The van der Waals surface area contributed by atoms with Gasteiger partial charge in [0.2, 0.25) is 5.96 Å². The zero-order chi connectivity index (χ0) is 27.6. The molecule has 1 atom stereocenters. The largest absolute Gasteiger partial charge is 0.423 e. The van der Waals surface area contributed by atoms with Gasteiger partial charge in [0.25, 0.3) is 5.91 Å². The highest BCUT2D eigenvalue weighted by Crippen LogP contribution is 2.35. The van der Waals surface area contributed by atoms with Gasteiger partial charge >= 0.3 is 6.01 Å². The Morgan fingerprint density at radius 2 is 2.00 bits per heavy atom. The molecule has 0 saturated heterocycles. The number of rotatable bonds is 6. The lowest BCUT2D eigenvalue weighted by Crippen LogP contribution is -2.40. The molecule has 2 aromatic carbocycles. The summed E-state index contributed by atoms with van der Waals surface area (Å²) >= 11 is 6.62. The first-order valence-corrected chi connectivity index (χ1v) is 12.3. The maximum Gasteiger partial charge on any atom is 0.302 e. The molecule has 0 spiro atoms. The molecule has 0 radical (unpaired) electrons. The number of nitrogens with one attached hydrogen (secondary N) is 3. The fraction of sp³-hybridized carbons (Fsp3) is 0.259. The second kappa shape index (κ2) is 11.1. The summed E-state index contributed by atoms with van der Waals surface area (Å²) in [6.45, 7) is 7.50. The topological polar surface area (TPSA) is 130 Å². The lowest BCUT2D eigenvalue weighted by atomic mass is 9.94. The number of halogens is 2. The summed E-state index contributed by atoms with van der Waals surface area (Å²) in [6, 6.07) is 9.04. The van der Waals surface area contributed by atoms with Crippen molar-refractivity contribution in [3.8, 4) is 0 Å². The molecule has 198 valence electrons. The number of oxazole rings is 1. The van der Waals surface area contributed by atoms with Crippen molar-refractivity contribution >= 4 is 46.3 Å². The molecule has 11 heteroatoms. The van der Waals surface area contributed by atoms with Gasteiger partial charge in [0.05, 0.1) is 5.57 Å². The van der Waals surface area contributed by atoms with Crippen LogP contribution in [0.3, 0.4) is 0 Å². The van der Waals surface area contributed by atoms with Crippen LogP contribution < -0.4 is 21.7 Å². The summed E-state index contributed by atoms with van der Waals surface area (Å²) in [4.78, 5) is 26.8. The SMILES string of the molecule is CN=C(C)C(CNC(=O)C1=C(C)NC(Nc2nc3ccc(F)cc3o2)=NC1c1ccc(C)cc1Cl)=C(C)N. The van der Waals surface area contributed by atoms with E-state index in [4.69, 9.17) is 26.7 Å². The summed E-state index contributed by atoms with van der Waals surface area (Å²) in [6.07, 6.45) is 0. The summed E-state index contributed by atoms with van der Waals surface area (Å²) in [5, 5.41) is 9.51. The fourth-order valence-electron chi connectivity index (χ4n) is 4.12. The number of anilines is 1. The van der Waals surface area contributed by atoms with Crippen LogP contribution in [0.1, 0.15) is 37.9 Å². The fourth-order valence-corrected chi connectivity index (χ4v) is 4.46. The number of guanidine groups is 1. The number of allylic oxidation sites excluding steroid dienone is 2. The smallest absolute Gasteiger partial charge is 0.302 e. The number of benzene rings is 2. The Bertz CT molecular complexity index is 1530. The van der Waals surface area contributed by atoms with Crippen molar-refractivity contribution in [1.29, 1.82) is 0 Å². The van der Waals surface area contributed by atoms with E-state index in [1.165, 1.54) is 18.2 Å². The molecule has 1 aliphatic heterocycles. The molecule has 2 heterocycles. The Labute approximate surface area is 224 Å². The number of hydrogen-bond acceptors (Lipinski definition) is 8. The lowest BCUT2D eigenvalue weighted by molar-refractivity contribution is -0.117. The van der Waals surface area contributed by atoms with Gasteiger partial charge < -0.3 is 20.8 Å². The Hall–Kier alpha value is -4.18. The molecule has 0 saturated carbocycles. The van der Waals surface area contributed by atoms with Crippen molar-refractivity contribution in [3.63, 3.8) is 0 Å². The molecule has 1 aromatic heterocycles. The first-order chi connectivity index (χ1) is 18.1. The molecule has 38 heavy (non-hydrogen) atoms. The molecule has 1 aliphatic rings. The van der Waals surface area contributed by atoms with E-state index in [0.29, 0.717) is 44.6 Å². The normalized spacial score (nSPS) is 16.7. The number of carbonyl (C=O) groups is 1. The van der Waals surface area contributed by atoms with Crippen LogP contribution in [-0.2, 0) is 4.79 Å². The predicted octanol–water partition coefficient (Wildman–Crippen LogP) is 4.75. The van der Waals surface area contributed by atoms with Gasteiger partial charge in [-0.1, -0.05) is 23.7 Å². The van der Waals surface area contributed by atoms with Crippen LogP contribution in [0.2, 0.25) is 5.02 Å². The monoisotopic (exact) mass is 537 g/mol. The van der Waals surface area contributed by atoms with Crippen molar-refractivity contribution in [1.82, 2.24) is 15.6 Å². The van der Waals surface area contributed by atoms with Crippen molar-refractivity contribution < 1.29 is 13.6 Å². The predicted molar refractivity (Wildman–Crippen MR) is 149 cm³/mol. The summed E-state index contributed by atoms with van der Waals surface area (Å²) in [7, 11) is 1.67. The van der Waals surface area contributed by atoms with E-state index in [9.17, 15) is 9.18 Å². The maximum absolute atomic E-state index is 13.6. The Balaban J connectivity index is 1.67. The third-order valence-electron chi connectivity index (χ3n) is 6.19. The van der Waals surface area contributed by atoms with E-state index >= 15 is 0 Å². The van der Waals surface area contributed by atoms with Crippen LogP contribution in [0.15, 0.2) is 73.3 Å². The van der Waals surface area contributed by atoms with Crippen LogP contribution in [0, 0.1) is 12.7 Å². The highest BCUT2D eigenvalue weighted by Gasteiger charge is 2.31. The first kappa shape index (κ1) is 26.9. The van der Waals surface area contributed by atoms with Gasteiger partial charge in [-0.2, -0.15) is 4.98 Å². The Kier molecular flexibility index (Phi) is 7.82. The Morgan fingerprint density at radius 1 is 1.24 bits per heavy atom. The number of nitrogens with zero attached hydrogens (tertiary/aromatic N) is 3. The molecule has 0 bridgehead atoms. The average Bonchev–Trinajstić information content (AvgIpc) is 3.24. The van der Waals surface area contributed by atoms with E-state index in [1.54, 1.807) is 20.9 Å². The molecule has 0 aliphatic carbocycles. The number of aliphatic imine (C=N–C) groups is 2. The lowest BCUT2D eigenvalue weighted by Gasteiger charge is -2.27. The molecule has 1 unspecified atom stereocenters.